The van der Waals surface area contributed by atoms with E-state index in [4.69, 9.17) is 26.8 Å². The third-order valence-electron chi connectivity index (χ3n) is 2.98. The van der Waals surface area contributed by atoms with Crippen molar-refractivity contribution in [3.63, 3.8) is 0 Å². The van der Waals surface area contributed by atoms with E-state index in [2.05, 4.69) is 0 Å². The van der Waals surface area contributed by atoms with Gasteiger partial charge in [-0.05, 0) is 19.1 Å². The smallest absolute Gasteiger partial charge is 0.247 e. The van der Waals surface area contributed by atoms with Crippen LogP contribution in [0.5, 0.6) is 0 Å². The molecule has 1 unspecified atom stereocenters. The van der Waals surface area contributed by atoms with Crippen molar-refractivity contribution in [3.8, 4) is 0 Å². The minimum atomic E-state index is -3.84. The van der Waals surface area contributed by atoms with Gasteiger partial charge in [0.25, 0.3) is 0 Å². The van der Waals surface area contributed by atoms with Gasteiger partial charge in [0.15, 0.2) is 0 Å². The molecule has 0 heterocycles. The van der Waals surface area contributed by atoms with Gasteiger partial charge in [-0.25, -0.2) is 8.42 Å². The fraction of sp³-hybridized carbons (Fsp3) is 0.538. The number of benzene rings is 1. The van der Waals surface area contributed by atoms with Crippen molar-refractivity contribution in [2.24, 2.45) is 0 Å². The fourth-order valence-electron chi connectivity index (χ4n) is 2.00. The summed E-state index contributed by atoms with van der Waals surface area (Å²) in [5, 5.41) is 0.0991. The third kappa shape index (κ3) is 4.31. The molecule has 0 aliphatic carbocycles. The van der Waals surface area contributed by atoms with Crippen molar-refractivity contribution in [3.05, 3.63) is 23.2 Å². The van der Waals surface area contributed by atoms with E-state index in [-0.39, 0.29) is 41.4 Å². The van der Waals surface area contributed by atoms with Crippen molar-refractivity contribution in [2.45, 2.75) is 17.9 Å². The van der Waals surface area contributed by atoms with Gasteiger partial charge in [0.2, 0.25) is 10.0 Å². The fourth-order valence-corrected chi connectivity index (χ4v) is 4.24. The van der Waals surface area contributed by atoms with Crippen LogP contribution in [0.2, 0.25) is 5.02 Å². The largest absolute Gasteiger partial charge is 0.398 e. The van der Waals surface area contributed by atoms with Crippen LogP contribution in [0.25, 0.3) is 0 Å². The average molecular weight is 337 g/mol. The third-order valence-corrected chi connectivity index (χ3v) is 5.54. The van der Waals surface area contributed by atoms with Crippen LogP contribution in [0.15, 0.2) is 23.1 Å². The van der Waals surface area contributed by atoms with Crippen molar-refractivity contribution in [1.29, 1.82) is 0 Å². The molecule has 6 nitrogen and oxygen atoms in total. The molecule has 8 heteroatoms. The number of hydrogen-bond donors (Lipinski definition) is 1. The van der Waals surface area contributed by atoms with E-state index in [0.29, 0.717) is 0 Å². The van der Waals surface area contributed by atoms with Crippen molar-refractivity contribution < 1.29 is 17.9 Å². The Bertz CT molecular complexity index is 545. The maximum Gasteiger partial charge on any atom is 0.247 e. The second kappa shape index (κ2) is 7.95. The minimum absolute atomic E-state index is 0.0780. The lowest BCUT2D eigenvalue weighted by atomic mass is 10.3. The summed E-state index contributed by atoms with van der Waals surface area (Å²) >= 11 is 6.03. The van der Waals surface area contributed by atoms with Gasteiger partial charge in [-0.3, -0.25) is 0 Å². The zero-order valence-corrected chi connectivity index (χ0v) is 13.9. The standard InChI is InChI=1S/C13H21ClN2O4S/c1-10(9-20-3)16(7-8-19-2)21(17,18)13-11(14)5-4-6-12(13)15/h4-6,10H,7-9,15H2,1-3H3. The minimum Gasteiger partial charge on any atom is -0.398 e. The van der Waals surface area contributed by atoms with Gasteiger partial charge in [-0.2, -0.15) is 4.31 Å². The molecule has 1 aromatic rings. The molecule has 0 radical (unpaired) electrons. The second-order valence-corrected chi connectivity index (χ2v) is 6.81. The lowest BCUT2D eigenvalue weighted by Crippen LogP contribution is -2.43. The van der Waals surface area contributed by atoms with Crippen LogP contribution < -0.4 is 5.73 Å². The molecule has 0 amide bonds. The predicted octanol–water partition coefficient (Wildman–Crippen LogP) is 1.59. The molecule has 1 aromatic carbocycles. The Balaban J connectivity index is 3.26. The molecule has 0 saturated carbocycles. The number of nitrogens with zero attached hydrogens (tertiary/aromatic N) is 1. The van der Waals surface area contributed by atoms with Crippen LogP contribution >= 0.6 is 11.6 Å². The molecule has 0 spiro atoms. The van der Waals surface area contributed by atoms with Crippen molar-refractivity contribution in [1.82, 2.24) is 4.31 Å². The number of anilines is 1. The summed E-state index contributed by atoms with van der Waals surface area (Å²) < 4.78 is 37.0. The lowest BCUT2D eigenvalue weighted by Gasteiger charge is -2.28. The highest BCUT2D eigenvalue weighted by Crippen LogP contribution is 2.30. The highest BCUT2D eigenvalue weighted by atomic mass is 35.5. The number of rotatable bonds is 8. The van der Waals surface area contributed by atoms with E-state index in [1.165, 1.54) is 30.7 Å². The molecule has 1 atom stereocenters. The van der Waals surface area contributed by atoms with Gasteiger partial charge in [-0.1, -0.05) is 17.7 Å². The second-order valence-electron chi connectivity index (χ2n) is 4.57. The van der Waals surface area contributed by atoms with Gasteiger partial charge in [0, 0.05) is 26.8 Å². The molecule has 0 bridgehead atoms. The molecular formula is C13H21ClN2O4S. The topological polar surface area (TPSA) is 81.9 Å². The summed E-state index contributed by atoms with van der Waals surface area (Å²) in [6.45, 7) is 2.46. The van der Waals surface area contributed by atoms with Crippen molar-refractivity contribution >= 4 is 27.3 Å². The van der Waals surface area contributed by atoms with Crippen LogP contribution in [0.1, 0.15) is 6.92 Å². The molecule has 1 rings (SSSR count). The molecule has 2 N–H and O–H groups in total. The van der Waals surface area contributed by atoms with Gasteiger partial charge in [0.05, 0.1) is 23.9 Å². The van der Waals surface area contributed by atoms with E-state index in [0.717, 1.165) is 0 Å². The molecule has 120 valence electrons. The molecule has 0 aliphatic heterocycles. The zero-order valence-electron chi connectivity index (χ0n) is 12.4. The first-order valence-corrected chi connectivity index (χ1v) is 8.21. The number of methoxy groups -OCH3 is 2. The summed E-state index contributed by atoms with van der Waals surface area (Å²) in [5.74, 6) is 0. The number of hydrogen-bond acceptors (Lipinski definition) is 5. The Kier molecular flexibility index (Phi) is 6.89. The summed E-state index contributed by atoms with van der Waals surface area (Å²) in [4.78, 5) is -0.0780. The number of ether oxygens (including phenoxy) is 2. The monoisotopic (exact) mass is 336 g/mol. The first-order valence-electron chi connectivity index (χ1n) is 6.40. The van der Waals surface area contributed by atoms with Crippen molar-refractivity contribution in [2.75, 3.05) is 39.7 Å². The Morgan fingerprint density at radius 2 is 2.00 bits per heavy atom. The van der Waals surface area contributed by atoms with Gasteiger partial charge in [0.1, 0.15) is 4.90 Å². The first-order chi connectivity index (χ1) is 9.86. The number of nitrogen functional groups attached to an aromatic ring is 1. The van der Waals surface area contributed by atoms with Crippen LogP contribution in [0, 0.1) is 0 Å². The molecular weight excluding hydrogens is 316 g/mol. The normalized spacial score (nSPS) is 13.6. The van der Waals surface area contributed by atoms with Gasteiger partial charge in [-0.15, -0.1) is 0 Å². The Morgan fingerprint density at radius 1 is 1.33 bits per heavy atom. The molecule has 0 fully saturated rings. The quantitative estimate of drug-likeness (QED) is 0.729. The van der Waals surface area contributed by atoms with E-state index >= 15 is 0 Å². The van der Waals surface area contributed by atoms with E-state index in [1.54, 1.807) is 13.0 Å². The van der Waals surface area contributed by atoms with Crippen LogP contribution in [-0.4, -0.2) is 52.7 Å². The van der Waals surface area contributed by atoms with Gasteiger partial charge < -0.3 is 15.2 Å². The molecule has 0 aliphatic rings. The average Bonchev–Trinajstić information content (AvgIpc) is 2.38. The van der Waals surface area contributed by atoms with Gasteiger partial charge >= 0.3 is 0 Å². The lowest BCUT2D eigenvalue weighted by molar-refractivity contribution is 0.119. The summed E-state index contributed by atoms with van der Waals surface area (Å²) in [6, 6.07) is 4.24. The number of nitrogens with two attached hydrogens (primary N) is 1. The Hall–Kier alpha value is -0.860. The first kappa shape index (κ1) is 18.2. The number of sulfonamides is 1. The summed E-state index contributed by atoms with van der Waals surface area (Å²) in [7, 11) is -0.815. The zero-order chi connectivity index (χ0) is 16.0. The Labute approximate surface area is 130 Å². The Morgan fingerprint density at radius 3 is 2.52 bits per heavy atom. The van der Waals surface area contributed by atoms with E-state index in [1.807, 2.05) is 0 Å². The molecule has 0 aromatic heterocycles. The maximum atomic E-state index is 12.8. The highest BCUT2D eigenvalue weighted by molar-refractivity contribution is 7.89. The SMILES string of the molecule is COCCN(C(C)COC)S(=O)(=O)c1c(N)cccc1Cl. The predicted molar refractivity (Wildman–Crippen MR) is 83.0 cm³/mol. The van der Waals surface area contributed by atoms with Crippen LogP contribution in [-0.2, 0) is 19.5 Å². The highest BCUT2D eigenvalue weighted by Gasteiger charge is 2.32. The molecule has 21 heavy (non-hydrogen) atoms. The van der Waals surface area contributed by atoms with E-state index < -0.39 is 10.0 Å². The maximum absolute atomic E-state index is 12.8. The van der Waals surface area contributed by atoms with Crippen LogP contribution in [0.3, 0.4) is 0 Å². The summed E-state index contributed by atoms with van der Waals surface area (Å²) in [5.41, 5.74) is 5.92. The van der Waals surface area contributed by atoms with E-state index in [9.17, 15) is 8.42 Å². The molecule has 0 saturated heterocycles. The number of halogens is 1. The van der Waals surface area contributed by atoms with Crippen LogP contribution in [0.4, 0.5) is 5.69 Å². The summed E-state index contributed by atoms with van der Waals surface area (Å²) in [6.07, 6.45) is 0.